The molecule has 1 N–H and O–H groups in total. The van der Waals surface area contributed by atoms with E-state index in [1.165, 1.54) is 0 Å². The maximum atomic E-state index is 13.9. The molecule has 0 aromatic heterocycles. The average Bonchev–Trinajstić information content (AvgIpc) is 2.37. The maximum Gasteiger partial charge on any atom is 0.126 e. The lowest BCUT2D eigenvalue weighted by atomic mass is 9.86. The summed E-state index contributed by atoms with van der Waals surface area (Å²) in [5.74, 6) is -0.136. The fourth-order valence-electron chi connectivity index (χ4n) is 2.28. The minimum absolute atomic E-state index is 0.120. The van der Waals surface area contributed by atoms with Gasteiger partial charge in [-0.25, -0.2) is 4.39 Å². The van der Waals surface area contributed by atoms with Crippen LogP contribution in [-0.2, 0) is 0 Å². The van der Waals surface area contributed by atoms with Gasteiger partial charge in [0.2, 0.25) is 0 Å². The predicted octanol–water partition coefficient (Wildman–Crippen LogP) is 4.29. The number of benzene rings is 1. The van der Waals surface area contributed by atoms with Crippen molar-refractivity contribution in [1.82, 2.24) is 5.32 Å². The predicted molar refractivity (Wildman–Crippen MR) is 85.9 cm³/mol. The summed E-state index contributed by atoms with van der Waals surface area (Å²) in [5.41, 5.74) is 2.97. The van der Waals surface area contributed by atoms with Crippen LogP contribution in [0.1, 0.15) is 51.8 Å². The van der Waals surface area contributed by atoms with E-state index in [0.29, 0.717) is 11.6 Å². The van der Waals surface area contributed by atoms with E-state index in [1.54, 1.807) is 6.07 Å². The maximum absolute atomic E-state index is 13.9. The van der Waals surface area contributed by atoms with Crippen molar-refractivity contribution in [2.75, 3.05) is 19.0 Å². The van der Waals surface area contributed by atoms with Crippen LogP contribution < -0.4 is 10.2 Å². The zero-order valence-electron chi connectivity index (χ0n) is 14.1. The molecule has 1 rings (SSSR count). The second-order valence-electron chi connectivity index (χ2n) is 6.82. The Morgan fingerprint density at radius 1 is 1.20 bits per heavy atom. The smallest absolute Gasteiger partial charge is 0.126 e. The molecule has 0 fully saturated rings. The number of hydrogen-bond donors (Lipinski definition) is 1. The molecule has 0 radical (unpaired) electrons. The average molecular weight is 280 g/mol. The fraction of sp³-hybridized carbons (Fsp3) is 0.647. The van der Waals surface area contributed by atoms with Gasteiger partial charge in [0.15, 0.2) is 0 Å². The molecule has 3 heteroatoms. The summed E-state index contributed by atoms with van der Waals surface area (Å²) in [7, 11) is 3.99. The van der Waals surface area contributed by atoms with Gasteiger partial charge >= 0.3 is 0 Å². The molecule has 0 heterocycles. The number of nitrogens with zero attached hydrogens (tertiary/aromatic N) is 1. The van der Waals surface area contributed by atoms with Gasteiger partial charge in [0.1, 0.15) is 5.82 Å². The third-order valence-electron chi connectivity index (χ3n) is 4.42. The SMILES string of the molecule is CNC(C)c1cc(F)c(C)cc1N(C)C(C)C(C)(C)C. The van der Waals surface area contributed by atoms with Crippen molar-refractivity contribution < 1.29 is 4.39 Å². The summed E-state index contributed by atoms with van der Waals surface area (Å²) >= 11 is 0. The Bertz CT molecular complexity index is 463. The van der Waals surface area contributed by atoms with Gasteiger partial charge in [0, 0.05) is 24.8 Å². The molecule has 0 saturated carbocycles. The van der Waals surface area contributed by atoms with E-state index < -0.39 is 0 Å². The van der Waals surface area contributed by atoms with E-state index in [-0.39, 0.29) is 17.3 Å². The topological polar surface area (TPSA) is 15.3 Å². The van der Waals surface area contributed by atoms with Crippen LogP contribution in [0.4, 0.5) is 10.1 Å². The standard InChI is InChI=1S/C17H29FN2/c1-11-9-16(20(8)13(3)17(4,5)6)14(10-15(11)18)12(2)19-7/h9-10,12-13,19H,1-8H3. The number of hydrogen-bond acceptors (Lipinski definition) is 2. The van der Waals surface area contributed by atoms with Crippen molar-refractivity contribution in [1.29, 1.82) is 0 Å². The number of rotatable bonds is 4. The van der Waals surface area contributed by atoms with Crippen LogP contribution in [0.25, 0.3) is 0 Å². The van der Waals surface area contributed by atoms with E-state index >= 15 is 0 Å². The van der Waals surface area contributed by atoms with Crippen LogP contribution in [-0.4, -0.2) is 20.1 Å². The van der Waals surface area contributed by atoms with Crippen LogP contribution >= 0.6 is 0 Å². The molecule has 0 amide bonds. The summed E-state index contributed by atoms with van der Waals surface area (Å²) in [6, 6.07) is 4.10. The lowest BCUT2D eigenvalue weighted by molar-refractivity contribution is 0.329. The monoisotopic (exact) mass is 280 g/mol. The first-order valence-corrected chi connectivity index (χ1v) is 7.29. The highest BCUT2D eigenvalue weighted by Crippen LogP contribution is 2.33. The zero-order chi connectivity index (χ0) is 15.7. The van der Waals surface area contributed by atoms with Gasteiger partial charge in [0.05, 0.1) is 0 Å². The molecular formula is C17H29FN2. The zero-order valence-corrected chi connectivity index (χ0v) is 14.1. The van der Waals surface area contributed by atoms with Crippen LogP contribution in [0.15, 0.2) is 12.1 Å². The number of anilines is 1. The van der Waals surface area contributed by atoms with E-state index in [2.05, 4.69) is 51.9 Å². The van der Waals surface area contributed by atoms with Gasteiger partial charge < -0.3 is 10.2 Å². The Kier molecular flexibility index (Phi) is 5.20. The highest BCUT2D eigenvalue weighted by Gasteiger charge is 2.26. The van der Waals surface area contributed by atoms with Gasteiger partial charge in [0.25, 0.3) is 0 Å². The molecule has 2 atom stereocenters. The fourth-order valence-corrected chi connectivity index (χ4v) is 2.28. The second kappa shape index (κ2) is 6.13. The van der Waals surface area contributed by atoms with Gasteiger partial charge in [-0.2, -0.15) is 0 Å². The lowest BCUT2D eigenvalue weighted by Gasteiger charge is -2.38. The number of halogens is 1. The van der Waals surface area contributed by atoms with Crippen molar-refractivity contribution in [3.63, 3.8) is 0 Å². The molecular weight excluding hydrogens is 251 g/mol. The Morgan fingerprint density at radius 2 is 1.75 bits per heavy atom. The third-order valence-corrected chi connectivity index (χ3v) is 4.42. The van der Waals surface area contributed by atoms with Gasteiger partial charge in [-0.1, -0.05) is 20.8 Å². The molecule has 0 bridgehead atoms. The molecule has 0 aliphatic heterocycles. The summed E-state index contributed by atoms with van der Waals surface area (Å²) in [4.78, 5) is 2.26. The summed E-state index contributed by atoms with van der Waals surface area (Å²) < 4.78 is 13.9. The molecule has 20 heavy (non-hydrogen) atoms. The lowest BCUT2D eigenvalue weighted by Crippen LogP contribution is -2.40. The molecule has 114 valence electrons. The van der Waals surface area contributed by atoms with Crippen LogP contribution in [0.2, 0.25) is 0 Å². The minimum Gasteiger partial charge on any atom is -0.371 e. The summed E-state index contributed by atoms with van der Waals surface area (Å²) in [6.07, 6.45) is 0. The largest absolute Gasteiger partial charge is 0.371 e. The molecule has 0 saturated heterocycles. The van der Waals surface area contributed by atoms with Crippen molar-refractivity contribution in [3.8, 4) is 0 Å². The first-order valence-electron chi connectivity index (χ1n) is 7.29. The van der Waals surface area contributed by atoms with Crippen molar-refractivity contribution in [2.24, 2.45) is 5.41 Å². The Morgan fingerprint density at radius 3 is 2.20 bits per heavy atom. The van der Waals surface area contributed by atoms with E-state index in [9.17, 15) is 4.39 Å². The molecule has 0 aliphatic rings. The molecule has 0 aliphatic carbocycles. The van der Waals surface area contributed by atoms with Crippen molar-refractivity contribution in [3.05, 3.63) is 29.1 Å². The third kappa shape index (κ3) is 3.51. The summed E-state index contributed by atoms with van der Waals surface area (Å²) in [5, 5.41) is 3.21. The molecule has 2 nitrogen and oxygen atoms in total. The van der Waals surface area contributed by atoms with E-state index in [1.807, 2.05) is 20.0 Å². The first-order chi connectivity index (χ1) is 9.09. The molecule has 1 aromatic carbocycles. The van der Waals surface area contributed by atoms with Crippen LogP contribution in [0, 0.1) is 18.2 Å². The summed E-state index contributed by atoms with van der Waals surface area (Å²) in [6.45, 7) is 12.8. The van der Waals surface area contributed by atoms with E-state index in [0.717, 1.165) is 11.3 Å². The molecule has 1 aromatic rings. The highest BCUT2D eigenvalue weighted by molar-refractivity contribution is 5.57. The highest BCUT2D eigenvalue weighted by atomic mass is 19.1. The van der Waals surface area contributed by atoms with Gasteiger partial charge in [-0.05, 0) is 56.5 Å². The quantitative estimate of drug-likeness (QED) is 0.885. The van der Waals surface area contributed by atoms with Crippen molar-refractivity contribution in [2.45, 2.75) is 53.6 Å². The Hall–Kier alpha value is -1.09. The van der Waals surface area contributed by atoms with Gasteiger partial charge in [-0.3, -0.25) is 0 Å². The van der Waals surface area contributed by atoms with Crippen LogP contribution in [0.3, 0.4) is 0 Å². The van der Waals surface area contributed by atoms with Crippen LogP contribution in [0.5, 0.6) is 0 Å². The number of aryl methyl sites for hydroxylation is 1. The molecule has 2 unspecified atom stereocenters. The molecule has 0 spiro atoms. The van der Waals surface area contributed by atoms with E-state index in [4.69, 9.17) is 0 Å². The second-order valence-corrected chi connectivity index (χ2v) is 6.82. The van der Waals surface area contributed by atoms with Gasteiger partial charge in [-0.15, -0.1) is 0 Å². The number of nitrogens with one attached hydrogen (secondary N) is 1. The Balaban J connectivity index is 3.32. The Labute approximate surface area is 123 Å². The first kappa shape index (κ1) is 17.0. The normalized spacial score (nSPS) is 15.1. The van der Waals surface area contributed by atoms with Crippen molar-refractivity contribution >= 4 is 5.69 Å². The minimum atomic E-state index is -0.136.